The van der Waals surface area contributed by atoms with E-state index in [-0.39, 0.29) is 0 Å². The quantitative estimate of drug-likeness (QED) is 0.529. The molecule has 0 radical (unpaired) electrons. The van der Waals surface area contributed by atoms with Crippen molar-refractivity contribution in [3.63, 3.8) is 0 Å². The molecule has 7 heteroatoms. The molecule has 1 aliphatic rings. The smallest absolute Gasteiger partial charge is 0.331 e. The molecule has 5 nitrogen and oxygen atoms in total. The highest BCUT2D eigenvalue weighted by molar-refractivity contribution is 6.30. The molecule has 2 aromatic carbocycles. The zero-order valence-electron chi connectivity index (χ0n) is 15.1. The molecule has 0 amide bonds. The number of ether oxygens (including phenoxy) is 3. The molecular weight excluding hydrogens is 403 g/mol. The Balaban J connectivity index is 2.20. The minimum Gasteiger partial charge on any atom is -0.468 e. The van der Waals surface area contributed by atoms with Crippen LogP contribution in [-0.2, 0) is 23.8 Å². The molecule has 0 saturated carbocycles. The third-order valence-electron chi connectivity index (χ3n) is 4.24. The highest BCUT2D eigenvalue weighted by atomic mass is 35.5. The van der Waals surface area contributed by atoms with E-state index < -0.39 is 17.4 Å². The Morgan fingerprint density at radius 3 is 1.43 bits per heavy atom. The number of benzene rings is 2. The first-order valence-corrected chi connectivity index (χ1v) is 8.97. The van der Waals surface area contributed by atoms with Crippen LogP contribution in [0.2, 0.25) is 10.0 Å². The van der Waals surface area contributed by atoms with Gasteiger partial charge in [-0.25, -0.2) is 0 Å². The fourth-order valence-electron chi connectivity index (χ4n) is 2.80. The second kappa shape index (κ2) is 8.09. The average Bonchev–Trinajstić information content (AvgIpc) is 2.73. The van der Waals surface area contributed by atoms with E-state index >= 15 is 0 Å². The molecule has 144 valence electrons. The molecule has 0 N–H and O–H groups in total. The predicted molar refractivity (Wildman–Crippen MR) is 106 cm³/mol. The summed E-state index contributed by atoms with van der Waals surface area (Å²) >= 11 is 11.9. The van der Waals surface area contributed by atoms with Gasteiger partial charge >= 0.3 is 11.9 Å². The number of methoxy groups -OCH3 is 2. The molecule has 0 aromatic heterocycles. The standard InChI is InChI=1S/C21H16Cl2O5/c1-26-19(24)21(20(25)27-2)11-17(13-3-7-15(22)8-4-13)28-18(12-21)14-5-9-16(23)10-6-14/h3-12H,1-2H3. The number of rotatable bonds is 4. The highest BCUT2D eigenvalue weighted by Gasteiger charge is 2.48. The first-order valence-electron chi connectivity index (χ1n) is 8.22. The molecule has 2 aromatic rings. The van der Waals surface area contributed by atoms with Crippen molar-refractivity contribution in [3.8, 4) is 0 Å². The topological polar surface area (TPSA) is 61.8 Å². The van der Waals surface area contributed by atoms with Crippen molar-refractivity contribution in [1.29, 1.82) is 0 Å². The van der Waals surface area contributed by atoms with Gasteiger partial charge in [-0.3, -0.25) is 9.59 Å². The summed E-state index contributed by atoms with van der Waals surface area (Å²) in [6.07, 6.45) is 2.76. The lowest BCUT2D eigenvalue weighted by Crippen LogP contribution is -2.39. The maximum atomic E-state index is 12.6. The normalized spacial score (nSPS) is 15.0. The fraction of sp³-hybridized carbons (Fsp3) is 0.143. The molecule has 0 saturated heterocycles. The number of esters is 2. The van der Waals surface area contributed by atoms with E-state index in [1.807, 2.05) is 0 Å². The summed E-state index contributed by atoms with van der Waals surface area (Å²) in [5.41, 5.74) is -0.548. The largest absolute Gasteiger partial charge is 0.468 e. The summed E-state index contributed by atoms with van der Waals surface area (Å²) in [6.45, 7) is 0. The predicted octanol–water partition coefficient (Wildman–Crippen LogP) is 4.74. The van der Waals surface area contributed by atoms with Gasteiger partial charge in [-0.1, -0.05) is 23.2 Å². The van der Waals surface area contributed by atoms with Crippen molar-refractivity contribution >= 4 is 46.7 Å². The summed E-state index contributed by atoms with van der Waals surface area (Å²) < 4.78 is 15.8. The van der Waals surface area contributed by atoms with Crippen molar-refractivity contribution in [2.24, 2.45) is 5.41 Å². The monoisotopic (exact) mass is 418 g/mol. The van der Waals surface area contributed by atoms with Crippen LogP contribution in [0.4, 0.5) is 0 Å². The number of hydrogen-bond acceptors (Lipinski definition) is 5. The zero-order valence-corrected chi connectivity index (χ0v) is 16.6. The summed E-state index contributed by atoms with van der Waals surface area (Å²) in [5, 5.41) is 1.08. The van der Waals surface area contributed by atoms with Gasteiger partial charge in [0.1, 0.15) is 11.5 Å². The van der Waals surface area contributed by atoms with E-state index in [9.17, 15) is 9.59 Å². The Hall–Kier alpha value is -2.76. The van der Waals surface area contributed by atoms with Crippen LogP contribution < -0.4 is 0 Å². The Kier molecular flexibility index (Phi) is 5.77. The Morgan fingerprint density at radius 2 is 1.11 bits per heavy atom. The summed E-state index contributed by atoms with van der Waals surface area (Å²) in [4.78, 5) is 25.3. The van der Waals surface area contributed by atoms with Gasteiger partial charge in [-0.05, 0) is 60.7 Å². The van der Waals surface area contributed by atoms with Gasteiger partial charge in [0.05, 0.1) is 14.2 Å². The first kappa shape index (κ1) is 20.0. The third-order valence-corrected chi connectivity index (χ3v) is 4.75. The number of carbonyl (C=O) groups is 2. The van der Waals surface area contributed by atoms with E-state index in [1.165, 1.54) is 26.4 Å². The van der Waals surface area contributed by atoms with Gasteiger partial charge in [0, 0.05) is 21.2 Å². The van der Waals surface area contributed by atoms with Gasteiger partial charge in [0.2, 0.25) is 5.41 Å². The Morgan fingerprint density at radius 1 is 0.750 bits per heavy atom. The van der Waals surface area contributed by atoms with Crippen molar-refractivity contribution < 1.29 is 23.8 Å². The van der Waals surface area contributed by atoms with Gasteiger partial charge in [-0.2, -0.15) is 0 Å². The van der Waals surface area contributed by atoms with Gasteiger partial charge in [0.25, 0.3) is 0 Å². The van der Waals surface area contributed by atoms with Crippen LogP contribution in [0.1, 0.15) is 11.1 Å². The average molecular weight is 419 g/mol. The van der Waals surface area contributed by atoms with Crippen molar-refractivity contribution in [3.05, 3.63) is 81.9 Å². The molecule has 28 heavy (non-hydrogen) atoms. The van der Waals surface area contributed by atoms with E-state index in [2.05, 4.69) is 0 Å². The molecule has 0 bridgehead atoms. The summed E-state index contributed by atoms with van der Waals surface area (Å²) in [5.74, 6) is -0.999. The molecule has 0 fully saturated rings. The van der Waals surface area contributed by atoms with Crippen LogP contribution >= 0.6 is 23.2 Å². The van der Waals surface area contributed by atoms with Crippen molar-refractivity contribution in [1.82, 2.24) is 0 Å². The SMILES string of the molecule is COC(=O)C1(C(=O)OC)C=C(c2ccc(Cl)cc2)OC(c2ccc(Cl)cc2)=C1. The van der Waals surface area contributed by atoms with Gasteiger partial charge in [-0.15, -0.1) is 0 Å². The van der Waals surface area contributed by atoms with E-state index in [1.54, 1.807) is 48.5 Å². The molecule has 0 aliphatic carbocycles. The van der Waals surface area contributed by atoms with Crippen LogP contribution in [-0.4, -0.2) is 26.2 Å². The second-order valence-corrected chi connectivity index (χ2v) is 6.86. The van der Waals surface area contributed by atoms with Crippen LogP contribution in [0.5, 0.6) is 0 Å². The Bertz CT molecular complexity index is 880. The molecule has 0 atom stereocenters. The molecule has 0 unspecified atom stereocenters. The molecule has 3 rings (SSSR count). The van der Waals surface area contributed by atoms with E-state index in [4.69, 9.17) is 37.4 Å². The lowest BCUT2D eigenvalue weighted by molar-refractivity contribution is -0.161. The van der Waals surface area contributed by atoms with Crippen LogP contribution in [0, 0.1) is 5.41 Å². The molecular formula is C21H16Cl2O5. The minimum absolute atomic E-state index is 0.292. The van der Waals surface area contributed by atoms with Crippen LogP contribution in [0.25, 0.3) is 11.5 Å². The van der Waals surface area contributed by atoms with E-state index in [0.717, 1.165) is 0 Å². The second-order valence-electron chi connectivity index (χ2n) is 5.99. The van der Waals surface area contributed by atoms with Crippen LogP contribution in [0.15, 0.2) is 60.7 Å². The van der Waals surface area contributed by atoms with Crippen LogP contribution in [0.3, 0.4) is 0 Å². The lowest BCUT2D eigenvalue weighted by Gasteiger charge is -2.29. The third kappa shape index (κ3) is 3.77. The van der Waals surface area contributed by atoms with E-state index in [0.29, 0.717) is 32.7 Å². The van der Waals surface area contributed by atoms with Gasteiger partial charge in [0.15, 0.2) is 0 Å². The molecule has 1 aliphatic heterocycles. The van der Waals surface area contributed by atoms with Gasteiger partial charge < -0.3 is 14.2 Å². The maximum absolute atomic E-state index is 12.6. The number of carbonyl (C=O) groups excluding carboxylic acids is 2. The number of halogens is 2. The first-order chi connectivity index (χ1) is 13.4. The molecule has 1 heterocycles. The fourth-order valence-corrected chi connectivity index (χ4v) is 3.05. The maximum Gasteiger partial charge on any atom is 0.331 e. The van der Waals surface area contributed by atoms with Crippen molar-refractivity contribution in [2.75, 3.05) is 14.2 Å². The lowest BCUT2D eigenvalue weighted by atomic mass is 9.83. The molecule has 0 spiro atoms. The zero-order chi connectivity index (χ0) is 20.3. The summed E-state index contributed by atoms with van der Waals surface area (Å²) in [6, 6.07) is 13.6. The number of hydrogen-bond donors (Lipinski definition) is 0. The summed E-state index contributed by atoms with van der Waals surface area (Å²) in [7, 11) is 2.40. The van der Waals surface area contributed by atoms with Crippen molar-refractivity contribution in [2.45, 2.75) is 0 Å². The highest BCUT2D eigenvalue weighted by Crippen LogP contribution is 2.40. The minimum atomic E-state index is -1.80. The Labute approximate surface area is 172 Å².